The summed E-state index contributed by atoms with van der Waals surface area (Å²) in [6, 6.07) is 9.64. The molecule has 0 bridgehead atoms. The second-order valence-corrected chi connectivity index (χ2v) is 3.86. The van der Waals surface area contributed by atoms with Crippen molar-refractivity contribution in [2.45, 2.75) is 13.5 Å². The summed E-state index contributed by atoms with van der Waals surface area (Å²) in [6.45, 7) is 3.26. The molecule has 0 atom stereocenters. The number of benzene rings is 1. The Bertz CT molecular complexity index is 532. The van der Waals surface area contributed by atoms with Gasteiger partial charge in [-0.15, -0.1) is 0 Å². The first-order valence-corrected chi connectivity index (χ1v) is 6.14. The van der Waals surface area contributed by atoms with Crippen LogP contribution in [0.4, 0.5) is 5.95 Å². The van der Waals surface area contributed by atoms with Crippen LogP contribution in [0.5, 0.6) is 11.6 Å². The largest absolute Gasteiger partial charge is 0.494 e. The smallest absolute Gasteiger partial charge is 0.226 e. The van der Waals surface area contributed by atoms with Gasteiger partial charge in [0.25, 0.3) is 0 Å². The number of aromatic nitrogens is 2. The monoisotopic (exact) mass is 259 g/mol. The molecule has 0 radical (unpaired) electrons. The molecule has 0 spiro atoms. The third-order valence-electron chi connectivity index (χ3n) is 2.50. The Labute approximate surface area is 112 Å². The van der Waals surface area contributed by atoms with Crippen molar-refractivity contribution >= 4 is 5.95 Å². The van der Waals surface area contributed by atoms with Gasteiger partial charge in [-0.05, 0) is 24.6 Å². The first kappa shape index (κ1) is 13.1. The van der Waals surface area contributed by atoms with Crippen LogP contribution in [0.2, 0.25) is 0 Å². The van der Waals surface area contributed by atoms with Crippen LogP contribution in [0.1, 0.15) is 12.5 Å². The molecule has 0 aliphatic carbocycles. The van der Waals surface area contributed by atoms with Gasteiger partial charge in [-0.1, -0.05) is 12.1 Å². The quantitative estimate of drug-likeness (QED) is 0.863. The van der Waals surface area contributed by atoms with Gasteiger partial charge in [0.05, 0.1) is 13.7 Å². The zero-order chi connectivity index (χ0) is 13.5. The molecular weight excluding hydrogens is 242 g/mol. The first-order chi connectivity index (χ1) is 9.31. The van der Waals surface area contributed by atoms with Gasteiger partial charge in [-0.25, -0.2) is 4.98 Å². The molecule has 2 rings (SSSR count). The van der Waals surface area contributed by atoms with Crippen LogP contribution in [0.15, 0.2) is 36.5 Å². The molecule has 19 heavy (non-hydrogen) atoms. The summed E-state index contributed by atoms with van der Waals surface area (Å²) < 4.78 is 10.5. The minimum Gasteiger partial charge on any atom is -0.494 e. The molecule has 1 heterocycles. The van der Waals surface area contributed by atoms with Crippen molar-refractivity contribution < 1.29 is 9.47 Å². The van der Waals surface area contributed by atoms with Crippen LogP contribution in [0.25, 0.3) is 0 Å². The molecule has 2 aromatic rings. The zero-order valence-corrected chi connectivity index (χ0v) is 11.1. The summed E-state index contributed by atoms with van der Waals surface area (Å²) in [6.07, 6.45) is 1.66. The number of hydrogen-bond donors (Lipinski definition) is 1. The molecule has 1 N–H and O–H groups in total. The van der Waals surface area contributed by atoms with E-state index in [4.69, 9.17) is 9.47 Å². The van der Waals surface area contributed by atoms with Gasteiger partial charge < -0.3 is 14.8 Å². The number of nitrogens with one attached hydrogen (secondary N) is 1. The molecular formula is C14H17N3O2. The highest BCUT2D eigenvalue weighted by atomic mass is 16.5. The van der Waals surface area contributed by atoms with Crippen molar-refractivity contribution in [1.29, 1.82) is 0 Å². The number of rotatable bonds is 6. The van der Waals surface area contributed by atoms with Crippen molar-refractivity contribution in [3.63, 3.8) is 0 Å². The van der Waals surface area contributed by atoms with Crippen LogP contribution < -0.4 is 14.8 Å². The van der Waals surface area contributed by atoms with E-state index in [1.54, 1.807) is 19.4 Å². The highest BCUT2D eigenvalue weighted by molar-refractivity contribution is 5.33. The SMILES string of the molecule is CCOc1cccc(CNc2nccc(OC)n2)c1. The van der Waals surface area contributed by atoms with Gasteiger partial charge in [0.2, 0.25) is 11.8 Å². The van der Waals surface area contributed by atoms with E-state index in [1.807, 2.05) is 31.2 Å². The van der Waals surface area contributed by atoms with Gasteiger partial charge in [-0.3, -0.25) is 0 Å². The van der Waals surface area contributed by atoms with E-state index in [2.05, 4.69) is 15.3 Å². The lowest BCUT2D eigenvalue weighted by atomic mass is 10.2. The molecule has 0 saturated heterocycles. The van der Waals surface area contributed by atoms with Gasteiger partial charge in [-0.2, -0.15) is 4.98 Å². The maximum atomic E-state index is 5.46. The summed E-state index contributed by atoms with van der Waals surface area (Å²) in [5.41, 5.74) is 1.11. The minimum atomic E-state index is 0.542. The maximum absolute atomic E-state index is 5.46. The highest BCUT2D eigenvalue weighted by Crippen LogP contribution is 2.14. The summed E-state index contributed by atoms with van der Waals surface area (Å²) in [5, 5.41) is 3.15. The van der Waals surface area contributed by atoms with Crippen molar-refractivity contribution in [1.82, 2.24) is 9.97 Å². The molecule has 0 saturated carbocycles. The van der Waals surface area contributed by atoms with E-state index in [0.29, 0.717) is 25.0 Å². The number of anilines is 1. The Kier molecular flexibility index (Phi) is 4.55. The second kappa shape index (κ2) is 6.58. The molecule has 100 valence electrons. The van der Waals surface area contributed by atoms with E-state index >= 15 is 0 Å². The predicted molar refractivity (Wildman–Crippen MR) is 73.5 cm³/mol. The molecule has 5 nitrogen and oxygen atoms in total. The molecule has 1 aromatic carbocycles. The third kappa shape index (κ3) is 3.84. The van der Waals surface area contributed by atoms with E-state index in [9.17, 15) is 0 Å². The molecule has 0 aliphatic rings. The molecule has 1 aromatic heterocycles. The molecule has 5 heteroatoms. The second-order valence-electron chi connectivity index (χ2n) is 3.86. The number of ether oxygens (including phenoxy) is 2. The predicted octanol–water partition coefficient (Wildman–Crippen LogP) is 2.50. The topological polar surface area (TPSA) is 56.3 Å². The van der Waals surface area contributed by atoms with Gasteiger partial charge in [0.15, 0.2) is 0 Å². The summed E-state index contributed by atoms with van der Waals surface area (Å²) in [5.74, 6) is 1.95. The summed E-state index contributed by atoms with van der Waals surface area (Å²) in [7, 11) is 1.58. The fourth-order valence-electron chi connectivity index (χ4n) is 1.63. The number of nitrogens with zero attached hydrogens (tertiary/aromatic N) is 2. The van der Waals surface area contributed by atoms with Crippen LogP contribution >= 0.6 is 0 Å². The molecule has 0 aliphatic heterocycles. The maximum Gasteiger partial charge on any atom is 0.226 e. The highest BCUT2D eigenvalue weighted by Gasteiger charge is 2.00. The molecule has 0 amide bonds. The standard InChI is InChI=1S/C14H17N3O2/c1-3-19-12-6-4-5-11(9-12)10-16-14-15-8-7-13(17-14)18-2/h4-9H,3,10H2,1-2H3,(H,15,16,17). The Balaban J connectivity index is 1.99. The first-order valence-electron chi connectivity index (χ1n) is 6.14. The van der Waals surface area contributed by atoms with Crippen molar-refractivity contribution in [2.24, 2.45) is 0 Å². The lowest BCUT2D eigenvalue weighted by Gasteiger charge is -2.08. The Morgan fingerprint density at radius 1 is 1.26 bits per heavy atom. The van der Waals surface area contributed by atoms with Gasteiger partial charge in [0.1, 0.15) is 5.75 Å². The lowest BCUT2D eigenvalue weighted by Crippen LogP contribution is -2.04. The average molecular weight is 259 g/mol. The van der Waals surface area contributed by atoms with Crippen molar-refractivity contribution in [3.8, 4) is 11.6 Å². The minimum absolute atomic E-state index is 0.542. The Hall–Kier alpha value is -2.30. The Morgan fingerprint density at radius 2 is 2.16 bits per heavy atom. The van der Waals surface area contributed by atoms with Crippen LogP contribution in [0, 0.1) is 0 Å². The Morgan fingerprint density at radius 3 is 2.95 bits per heavy atom. The third-order valence-corrected chi connectivity index (χ3v) is 2.50. The zero-order valence-electron chi connectivity index (χ0n) is 11.1. The number of methoxy groups -OCH3 is 1. The molecule has 0 unspecified atom stereocenters. The van der Waals surface area contributed by atoms with Crippen molar-refractivity contribution in [3.05, 3.63) is 42.1 Å². The fourth-order valence-corrected chi connectivity index (χ4v) is 1.63. The average Bonchev–Trinajstić information content (AvgIpc) is 2.46. The molecule has 0 fully saturated rings. The van der Waals surface area contributed by atoms with Gasteiger partial charge >= 0.3 is 0 Å². The number of hydrogen-bond acceptors (Lipinski definition) is 5. The fraction of sp³-hybridized carbons (Fsp3) is 0.286. The van der Waals surface area contributed by atoms with Crippen molar-refractivity contribution in [2.75, 3.05) is 19.0 Å². The summed E-state index contributed by atoms with van der Waals surface area (Å²) >= 11 is 0. The van der Waals surface area contributed by atoms with Gasteiger partial charge in [0, 0.05) is 18.8 Å². The normalized spacial score (nSPS) is 10.0. The van der Waals surface area contributed by atoms with E-state index in [-0.39, 0.29) is 0 Å². The lowest BCUT2D eigenvalue weighted by molar-refractivity contribution is 0.340. The van der Waals surface area contributed by atoms with E-state index in [1.165, 1.54) is 0 Å². The van der Waals surface area contributed by atoms with Crippen LogP contribution in [0.3, 0.4) is 0 Å². The summed E-state index contributed by atoms with van der Waals surface area (Å²) in [4.78, 5) is 8.32. The van der Waals surface area contributed by atoms with Crippen LogP contribution in [-0.4, -0.2) is 23.7 Å². The van der Waals surface area contributed by atoms with E-state index in [0.717, 1.165) is 11.3 Å². The van der Waals surface area contributed by atoms with Crippen LogP contribution in [-0.2, 0) is 6.54 Å². The van der Waals surface area contributed by atoms with E-state index < -0.39 is 0 Å².